The molecule has 0 amide bonds. The Kier molecular flexibility index (Phi) is 7.07. The van der Waals surface area contributed by atoms with E-state index in [1.807, 2.05) is 12.1 Å². The lowest BCUT2D eigenvalue weighted by molar-refractivity contribution is -0.142. The van der Waals surface area contributed by atoms with E-state index in [9.17, 15) is 13.6 Å². The minimum Gasteiger partial charge on any atom is -0.469 e. The van der Waals surface area contributed by atoms with E-state index in [1.54, 1.807) is 18.3 Å². The summed E-state index contributed by atoms with van der Waals surface area (Å²) in [7, 11) is 1.45. The molecular weight excluding hydrogens is 510 g/mol. The first-order valence-corrected chi connectivity index (χ1v) is 13.4. The predicted octanol–water partition coefficient (Wildman–Crippen LogP) is 7.47. The maximum Gasteiger partial charge on any atom is 0.305 e. The van der Waals surface area contributed by atoms with Crippen LogP contribution in [0.15, 0.2) is 72.9 Å². The number of benzene rings is 2. The number of halogens is 2. The third-order valence-corrected chi connectivity index (χ3v) is 7.80. The molecule has 1 saturated carbocycles. The zero-order valence-electron chi connectivity index (χ0n) is 22.0. The molecule has 0 saturated heterocycles. The number of carbonyl (C=O) groups is 1. The van der Waals surface area contributed by atoms with Crippen molar-refractivity contribution in [3.05, 3.63) is 90.1 Å². The number of hydrogen-bond donors (Lipinski definition) is 1. The van der Waals surface area contributed by atoms with E-state index in [1.165, 1.54) is 24.8 Å². The number of aromatic amines is 1. The van der Waals surface area contributed by atoms with Crippen molar-refractivity contribution in [2.45, 2.75) is 38.0 Å². The molecule has 2 aromatic carbocycles. The van der Waals surface area contributed by atoms with Gasteiger partial charge in [0.05, 0.1) is 24.0 Å². The summed E-state index contributed by atoms with van der Waals surface area (Å²) >= 11 is 0. The Morgan fingerprint density at radius 2 is 1.65 bits per heavy atom. The molecule has 0 spiro atoms. The predicted molar refractivity (Wildman–Crippen MR) is 149 cm³/mol. The van der Waals surface area contributed by atoms with Crippen molar-refractivity contribution in [1.29, 1.82) is 0 Å². The first kappa shape index (κ1) is 25.8. The second-order valence-corrected chi connectivity index (χ2v) is 10.3. The van der Waals surface area contributed by atoms with Crippen LogP contribution in [0.25, 0.3) is 45.1 Å². The van der Waals surface area contributed by atoms with Gasteiger partial charge in [0.15, 0.2) is 5.65 Å². The Morgan fingerprint density at radius 3 is 2.35 bits per heavy atom. The average molecular weight is 539 g/mol. The first-order valence-electron chi connectivity index (χ1n) is 13.4. The Balaban J connectivity index is 1.14. The van der Waals surface area contributed by atoms with Gasteiger partial charge in [-0.2, -0.15) is 0 Å². The third-order valence-electron chi connectivity index (χ3n) is 7.80. The summed E-state index contributed by atoms with van der Waals surface area (Å²) < 4.78 is 32.3. The second-order valence-electron chi connectivity index (χ2n) is 10.3. The van der Waals surface area contributed by atoms with Gasteiger partial charge in [-0.1, -0.05) is 24.3 Å². The van der Waals surface area contributed by atoms with Crippen molar-refractivity contribution in [3.8, 4) is 33.9 Å². The molecule has 0 radical (unpaired) electrons. The second kappa shape index (κ2) is 11.0. The van der Waals surface area contributed by atoms with E-state index in [0.29, 0.717) is 40.9 Å². The van der Waals surface area contributed by atoms with Crippen molar-refractivity contribution in [2.75, 3.05) is 7.11 Å². The fraction of sp³-hybridized carbons (Fsp3) is 0.250. The molecule has 1 aliphatic carbocycles. The Morgan fingerprint density at radius 1 is 0.900 bits per heavy atom. The smallest absolute Gasteiger partial charge is 0.305 e. The van der Waals surface area contributed by atoms with E-state index in [0.717, 1.165) is 48.6 Å². The lowest BCUT2D eigenvalue weighted by atomic mass is 9.77. The van der Waals surface area contributed by atoms with E-state index in [4.69, 9.17) is 4.74 Å². The SMILES string of the molecule is COC(=O)CC1CCC(c2ccc(-c3ccc(-c4nc5nc(-c6ccc(F)cc6F)ccc5[nH]4)cn3)cc2)CC1. The number of carbonyl (C=O) groups excluding carboxylic acids is 1. The Bertz CT molecular complexity index is 1660. The number of pyridine rings is 2. The van der Waals surface area contributed by atoms with Crippen molar-refractivity contribution >= 4 is 17.1 Å². The van der Waals surface area contributed by atoms with E-state index in [-0.39, 0.29) is 11.5 Å². The summed E-state index contributed by atoms with van der Waals surface area (Å²) in [5.74, 6) is 0.131. The van der Waals surface area contributed by atoms with Gasteiger partial charge in [0.1, 0.15) is 17.5 Å². The van der Waals surface area contributed by atoms with E-state index >= 15 is 0 Å². The number of fused-ring (bicyclic) bond motifs is 1. The summed E-state index contributed by atoms with van der Waals surface area (Å²) in [5.41, 5.74) is 5.77. The van der Waals surface area contributed by atoms with Gasteiger partial charge in [-0.3, -0.25) is 9.78 Å². The van der Waals surface area contributed by atoms with Crippen molar-refractivity contribution in [1.82, 2.24) is 19.9 Å². The molecule has 5 aromatic rings. The number of imidazole rings is 1. The summed E-state index contributed by atoms with van der Waals surface area (Å²) in [6.45, 7) is 0. The van der Waals surface area contributed by atoms with E-state index in [2.05, 4.69) is 44.2 Å². The minimum absolute atomic E-state index is 0.115. The number of aromatic nitrogens is 4. The maximum absolute atomic E-state index is 14.2. The van der Waals surface area contributed by atoms with Crippen LogP contribution in [0.4, 0.5) is 8.78 Å². The molecule has 6 rings (SSSR count). The number of hydrogen-bond acceptors (Lipinski definition) is 5. The zero-order chi connectivity index (χ0) is 27.6. The number of nitrogens with one attached hydrogen (secondary N) is 1. The third kappa shape index (κ3) is 5.34. The van der Waals surface area contributed by atoms with Gasteiger partial charge in [-0.25, -0.2) is 18.7 Å². The number of esters is 1. The molecule has 3 aromatic heterocycles. The average Bonchev–Trinajstić information content (AvgIpc) is 3.41. The van der Waals surface area contributed by atoms with Crippen LogP contribution in [0, 0.1) is 17.6 Å². The first-order chi connectivity index (χ1) is 19.5. The molecule has 0 bridgehead atoms. The summed E-state index contributed by atoms with van der Waals surface area (Å²) in [6, 6.07) is 19.4. The topological polar surface area (TPSA) is 80.8 Å². The normalized spacial score (nSPS) is 17.2. The standard InChI is InChI=1S/C32H28F2N4O2/c1-40-30(39)16-19-2-4-20(5-3-19)21-6-8-22(9-7-21)27-13-10-23(18-35-27)31-37-29-15-14-28(36-32(29)38-31)25-12-11-24(33)17-26(25)34/h6-15,17-20H,2-5,16H2,1H3,(H,36,37,38). The molecule has 1 N–H and O–H groups in total. The fourth-order valence-corrected chi connectivity index (χ4v) is 5.53. The summed E-state index contributed by atoms with van der Waals surface area (Å²) in [6.07, 6.45) is 6.55. The minimum atomic E-state index is -0.668. The molecule has 0 unspecified atom stereocenters. The molecular formula is C32H28F2N4O2. The largest absolute Gasteiger partial charge is 0.469 e. The van der Waals surface area contributed by atoms with Crippen molar-refractivity contribution in [3.63, 3.8) is 0 Å². The molecule has 1 fully saturated rings. The van der Waals surface area contributed by atoms with Gasteiger partial charge in [-0.15, -0.1) is 0 Å². The number of rotatable bonds is 6. The van der Waals surface area contributed by atoms with E-state index < -0.39 is 11.6 Å². The van der Waals surface area contributed by atoms with Gasteiger partial charge < -0.3 is 9.72 Å². The van der Waals surface area contributed by atoms with Crippen LogP contribution in [0.2, 0.25) is 0 Å². The lowest BCUT2D eigenvalue weighted by Crippen LogP contribution is -2.17. The maximum atomic E-state index is 14.2. The molecule has 6 nitrogen and oxygen atoms in total. The van der Waals surface area contributed by atoms with Crippen molar-refractivity contribution < 1.29 is 18.3 Å². The molecule has 8 heteroatoms. The Hall–Kier alpha value is -4.46. The molecule has 1 aliphatic rings. The van der Waals surface area contributed by atoms with Crippen LogP contribution < -0.4 is 0 Å². The highest BCUT2D eigenvalue weighted by Crippen LogP contribution is 2.37. The van der Waals surface area contributed by atoms with Crippen LogP contribution >= 0.6 is 0 Å². The van der Waals surface area contributed by atoms with Crippen LogP contribution in [0.1, 0.15) is 43.6 Å². The summed E-state index contributed by atoms with van der Waals surface area (Å²) in [4.78, 5) is 28.5. The highest BCUT2D eigenvalue weighted by molar-refractivity contribution is 5.79. The zero-order valence-corrected chi connectivity index (χ0v) is 22.0. The van der Waals surface area contributed by atoms with Crippen LogP contribution in [-0.2, 0) is 9.53 Å². The number of methoxy groups -OCH3 is 1. The van der Waals surface area contributed by atoms with Crippen LogP contribution in [0.3, 0.4) is 0 Å². The van der Waals surface area contributed by atoms with Crippen LogP contribution in [0.5, 0.6) is 0 Å². The molecule has 0 atom stereocenters. The number of H-pyrrole nitrogens is 1. The van der Waals surface area contributed by atoms with Gasteiger partial charge in [0.25, 0.3) is 0 Å². The van der Waals surface area contributed by atoms with Gasteiger partial charge in [-0.05, 0) is 79.5 Å². The van der Waals surface area contributed by atoms with Gasteiger partial charge in [0, 0.05) is 35.4 Å². The summed E-state index contributed by atoms with van der Waals surface area (Å²) in [5, 5.41) is 0. The van der Waals surface area contributed by atoms with Gasteiger partial charge in [0.2, 0.25) is 0 Å². The van der Waals surface area contributed by atoms with Gasteiger partial charge >= 0.3 is 5.97 Å². The molecule has 0 aliphatic heterocycles. The fourth-order valence-electron chi connectivity index (χ4n) is 5.53. The molecule has 202 valence electrons. The van der Waals surface area contributed by atoms with Crippen LogP contribution in [-0.4, -0.2) is 33.0 Å². The Labute approximate surface area is 230 Å². The number of ether oxygens (including phenoxy) is 1. The quantitative estimate of drug-likeness (QED) is 0.227. The van der Waals surface area contributed by atoms with Crippen molar-refractivity contribution in [2.24, 2.45) is 5.92 Å². The molecule has 40 heavy (non-hydrogen) atoms. The molecule has 3 heterocycles. The highest BCUT2D eigenvalue weighted by atomic mass is 19.1. The highest BCUT2D eigenvalue weighted by Gasteiger charge is 2.24. The number of nitrogens with zero attached hydrogens (tertiary/aromatic N) is 3. The monoisotopic (exact) mass is 538 g/mol. The lowest BCUT2D eigenvalue weighted by Gasteiger charge is -2.28.